The average molecular weight is 311 g/mol. The minimum Gasteiger partial charge on any atom is -0.489 e. The maximum absolute atomic E-state index is 13.1. The highest BCUT2D eigenvalue weighted by Gasteiger charge is 2.28. The molecule has 1 N–H and O–H groups in total. The number of anilines is 1. The first-order chi connectivity index (χ1) is 11.2. The Hall–Kier alpha value is -2.63. The summed E-state index contributed by atoms with van der Waals surface area (Å²) in [5.41, 5.74) is 2.85. The number of carbonyl (C=O) groups is 1. The van der Waals surface area contributed by atoms with Gasteiger partial charge in [-0.2, -0.15) is 0 Å². The molecule has 0 atom stereocenters. The molecule has 4 rings (SSSR count). The Morgan fingerprint density at radius 2 is 2.17 bits per heavy atom. The molecular weight excluding hydrogens is 294 g/mol. The molecule has 23 heavy (non-hydrogen) atoms. The zero-order valence-electron chi connectivity index (χ0n) is 12.7. The number of ether oxygens (including phenoxy) is 1. The lowest BCUT2D eigenvalue weighted by Crippen LogP contribution is -2.39. The summed E-state index contributed by atoms with van der Waals surface area (Å²) in [5.74, 6) is 0.505. The van der Waals surface area contributed by atoms with Crippen LogP contribution in [-0.2, 0) is 12.8 Å². The standard InChI is InChI=1S/C17H17N3O3/c21-16-9-12(11-3-1-2-4-13(11)19-16)17(22)20-7-8-23-15-5-6-18-10-14(15)20/h5-6,9-10H,1-4,7-8H2,(H,19,21). The molecule has 2 aromatic rings. The van der Waals surface area contributed by atoms with Gasteiger partial charge in [-0.1, -0.05) is 0 Å². The van der Waals surface area contributed by atoms with Gasteiger partial charge in [-0.3, -0.25) is 14.6 Å². The maximum atomic E-state index is 13.1. The SMILES string of the molecule is O=C(c1cc(=O)[nH]c2c1CCCC2)N1CCOc2ccncc21. The van der Waals surface area contributed by atoms with Crippen LogP contribution in [0.15, 0.2) is 29.3 Å². The summed E-state index contributed by atoms with van der Waals surface area (Å²) in [6, 6.07) is 3.18. The molecule has 0 saturated heterocycles. The van der Waals surface area contributed by atoms with E-state index in [0.29, 0.717) is 30.2 Å². The first-order valence-corrected chi connectivity index (χ1v) is 7.88. The van der Waals surface area contributed by atoms with Crippen LogP contribution in [0.2, 0.25) is 0 Å². The van der Waals surface area contributed by atoms with Crippen LogP contribution in [0.3, 0.4) is 0 Å². The van der Waals surface area contributed by atoms with Crippen molar-refractivity contribution in [2.24, 2.45) is 0 Å². The number of fused-ring (bicyclic) bond motifs is 2. The molecule has 2 aliphatic rings. The Kier molecular flexibility index (Phi) is 3.37. The Balaban J connectivity index is 1.79. The molecule has 3 heterocycles. The van der Waals surface area contributed by atoms with E-state index in [9.17, 15) is 9.59 Å². The second kappa shape index (κ2) is 5.53. The zero-order valence-corrected chi connectivity index (χ0v) is 12.7. The number of H-pyrrole nitrogens is 1. The van der Waals surface area contributed by atoms with E-state index in [0.717, 1.165) is 36.9 Å². The lowest BCUT2D eigenvalue weighted by Gasteiger charge is -2.30. The van der Waals surface area contributed by atoms with Crippen molar-refractivity contribution in [2.75, 3.05) is 18.1 Å². The van der Waals surface area contributed by atoms with E-state index in [2.05, 4.69) is 9.97 Å². The fraction of sp³-hybridized carbons (Fsp3) is 0.353. The molecule has 2 aromatic heterocycles. The Morgan fingerprint density at radius 3 is 3.09 bits per heavy atom. The number of rotatable bonds is 1. The predicted octanol–water partition coefficient (Wildman–Crippen LogP) is 1.69. The van der Waals surface area contributed by atoms with Crippen LogP contribution >= 0.6 is 0 Å². The molecule has 0 fully saturated rings. The molecular formula is C17H17N3O3. The number of carbonyl (C=O) groups excluding carboxylic acids is 1. The van der Waals surface area contributed by atoms with Crippen LogP contribution in [0, 0.1) is 0 Å². The highest BCUT2D eigenvalue weighted by atomic mass is 16.5. The molecule has 0 radical (unpaired) electrons. The molecule has 0 bridgehead atoms. The number of aryl methyl sites for hydroxylation is 1. The van der Waals surface area contributed by atoms with Crippen molar-refractivity contribution in [1.82, 2.24) is 9.97 Å². The lowest BCUT2D eigenvalue weighted by molar-refractivity contribution is 0.0975. The van der Waals surface area contributed by atoms with Crippen molar-refractivity contribution in [3.05, 3.63) is 51.7 Å². The van der Waals surface area contributed by atoms with Gasteiger partial charge in [0.1, 0.15) is 18.0 Å². The van der Waals surface area contributed by atoms with E-state index in [1.807, 2.05) is 0 Å². The van der Waals surface area contributed by atoms with Gasteiger partial charge < -0.3 is 14.6 Å². The third-order valence-electron chi connectivity index (χ3n) is 4.44. The van der Waals surface area contributed by atoms with Crippen molar-refractivity contribution in [2.45, 2.75) is 25.7 Å². The van der Waals surface area contributed by atoms with Crippen LogP contribution in [-0.4, -0.2) is 29.0 Å². The van der Waals surface area contributed by atoms with Gasteiger partial charge in [0, 0.05) is 24.0 Å². The summed E-state index contributed by atoms with van der Waals surface area (Å²) in [5, 5.41) is 0. The fourth-order valence-corrected chi connectivity index (χ4v) is 3.36. The quantitative estimate of drug-likeness (QED) is 0.869. The van der Waals surface area contributed by atoms with Gasteiger partial charge in [0.25, 0.3) is 5.91 Å². The van der Waals surface area contributed by atoms with E-state index in [1.54, 1.807) is 23.4 Å². The summed E-state index contributed by atoms with van der Waals surface area (Å²) in [6.45, 7) is 0.896. The molecule has 118 valence electrons. The van der Waals surface area contributed by atoms with Gasteiger partial charge in [-0.15, -0.1) is 0 Å². The van der Waals surface area contributed by atoms with Crippen molar-refractivity contribution in [1.29, 1.82) is 0 Å². The minimum absolute atomic E-state index is 0.146. The summed E-state index contributed by atoms with van der Waals surface area (Å²) in [7, 11) is 0. The summed E-state index contributed by atoms with van der Waals surface area (Å²) in [4.78, 5) is 33.6. The second-order valence-electron chi connectivity index (χ2n) is 5.86. The number of pyridine rings is 2. The Bertz CT molecular complexity index is 828. The van der Waals surface area contributed by atoms with Crippen LogP contribution in [0.5, 0.6) is 5.75 Å². The number of aromatic amines is 1. The number of nitrogens with one attached hydrogen (secondary N) is 1. The molecule has 0 unspecified atom stereocenters. The zero-order chi connectivity index (χ0) is 15.8. The molecule has 0 saturated carbocycles. The van der Waals surface area contributed by atoms with Crippen LogP contribution < -0.4 is 15.2 Å². The van der Waals surface area contributed by atoms with Gasteiger partial charge in [-0.05, 0) is 31.2 Å². The van der Waals surface area contributed by atoms with Gasteiger partial charge in [-0.25, -0.2) is 0 Å². The lowest BCUT2D eigenvalue weighted by atomic mass is 9.91. The molecule has 6 heteroatoms. The first kappa shape index (κ1) is 14.0. The van der Waals surface area contributed by atoms with Crippen LogP contribution in [0.25, 0.3) is 0 Å². The molecule has 6 nitrogen and oxygen atoms in total. The van der Waals surface area contributed by atoms with Gasteiger partial charge in [0.05, 0.1) is 18.3 Å². The van der Waals surface area contributed by atoms with Crippen LogP contribution in [0.4, 0.5) is 5.69 Å². The summed E-state index contributed by atoms with van der Waals surface area (Å²) >= 11 is 0. The molecule has 1 aliphatic heterocycles. The van der Waals surface area contributed by atoms with E-state index in [1.165, 1.54) is 6.07 Å². The third-order valence-corrected chi connectivity index (χ3v) is 4.44. The predicted molar refractivity (Wildman–Crippen MR) is 85.1 cm³/mol. The van der Waals surface area contributed by atoms with Crippen molar-refractivity contribution < 1.29 is 9.53 Å². The first-order valence-electron chi connectivity index (χ1n) is 7.88. The number of hydrogen-bond donors (Lipinski definition) is 1. The average Bonchev–Trinajstić information content (AvgIpc) is 2.60. The molecule has 0 spiro atoms. The Labute approximate surface area is 133 Å². The number of aromatic nitrogens is 2. The number of amides is 1. The smallest absolute Gasteiger partial charge is 0.259 e. The normalized spacial score (nSPS) is 16.3. The van der Waals surface area contributed by atoms with Crippen molar-refractivity contribution >= 4 is 11.6 Å². The van der Waals surface area contributed by atoms with Gasteiger partial charge in [0.15, 0.2) is 0 Å². The fourth-order valence-electron chi connectivity index (χ4n) is 3.36. The summed E-state index contributed by atoms with van der Waals surface area (Å²) in [6.07, 6.45) is 7.02. The topological polar surface area (TPSA) is 75.3 Å². The van der Waals surface area contributed by atoms with E-state index >= 15 is 0 Å². The van der Waals surface area contributed by atoms with Crippen molar-refractivity contribution in [3.8, 4) is 5.75 Å². The second-order valence-corrected chi connectivity index (χ2v) is 5.86. The molecule has 1 amide bonds. The Morgan fingerprint density at radius 1 is 1.30 bits per heavy atom. The van der Waals surface area contributed by atoms with E-state index < -0.39 is 0 Å². The van der Waals surface area contributed by atoms with E-state index in [4.69, 9.17) is 4.74 Å². The molecule has 0 aromatic carbocycles. The minimum atomic E-state index is -0.214. The van der Waals surface area contributed by atoms with Gasteiger partial charge in [0.2, 0.25) is 5.56 Å². The maximum Gasteiger partial charge on any atom is 0.259 e. The summed E-state index contributed by atoms with van der Waals surface area (Å²) < 4.78 is 5.57. The van der Waals surface area contributed by atoms with Crippen molar-refractivity contribution in [3.63, 3.8) is 0 Å². The highest BCUT2D eigenvalue weighted by Crippen LogP contribution is 2.32. The third kappa shape index (κ3) is 2.40. The number of hydrogen-bond acceptors (Lipinski definition) is 4. The monoisotopic (exact) mass is 311 g/mol. The van der Waals surface area contributed by atoms with Crippen LogP contribution in [0.1, 0.15) is 34.5 Å². The van der Waals surface area contributed by atoms with Gasteiger partial charge >= 0.3 is 0 Å². The number of nitrogens with zero attached hydrogens (tertiary/aromatic N) is 2. The van der Waals surface area contributed by atoms with E-state index in [-0.39, 0.29) is 11.5 Å². The largest absolute Gasteiger partial charge is 0.489 e. The highest BCUT2D eigenvalue weighted by molar-refractivity contribution is 6.08. The molecule has 1 aliphatic carbocycles.